The van der Waals surface area contributed by atoms with Gasteiger partial charge in [-0.25, -0.2) is 18.1 Å². The van der Waals surface area contributed by atoms with Crippen LogP contribution in [0.15, 0.2) is 29.4 Å². The minimum atomic E-state index is -3.47. The fourth-order valence-electron chi connectivity index (χ4n) is 1.36. The van der Waals surface area contributed by atoms with Gasteiger partial charge in [-0.3, -0.25) is 0 Å². The molecule has 0 spiro atoms. The summed E-state index contributed by atoms with van der Waals surface area (Å²) < 4.78 is 25.9. The molecule has 6 nitrogen and oxygen atoms in total. The van der Waals surface area contributed by atoms with Crippen LogP contribution in [0.5, 0.6) is 0 Å². The molecule has 1 heterocycles. The Morgan fingerprint density at radius 2 is 2.25 bits per heavy atom. The highest BCUT2D eigenvalue weighted by Gasteiger charge is 2.13. The van der Waals surface area contributed by atoms with Crippen molar-refractivity contribution in [3.8, 4) is 0 Å². The van der Waals surface area contributed by atoms with Crippen molar-refractivity contribution in [2.75, 3.05) is 13.1 Å². The lowest BCUT2D eigenvalue weighted by Gasteiger charge is -2.04. The minimum Gasteiger partial charge on any atom is -0.345 e. The molecule has 1 aromatic carbocycles. The lowest BCUT2D eigenvalue weighted by molar-refractivity contribution is 0.582. The molecule has 0 fully saturated rings. The number of aromatic nitrogens is 2. The number of nitrogens with zero attached hydrogens (tertiary/aromatic N) is 1. The van der Waals surface area contributed by atoms with Crippen LogP contribution in [0.25, 0.3) is 11.0 Å². The summed E-state index contributed by atoms with van der Waals surface area (Å²) in [5.41, 5.74) is 6.67. The summed E-state index contributed by atoms with van der Waals surface area (Å²) in [5, 5.41) is 0. The number of rotatable bonds is 4. The Hall–Kier alpha value is -1.44. The molecule has 0 amide bonds. The molecule has 7 heteroatoms. The molecule has 0 radical (unpaired) electrons. The molecular weight excluding hydrogens is 228 g/mol. The van der Waals surface area contributed by atoms with Gasteiger partial charge in [0.05, 0.1) is 22.3 Å². The second kappa shape index (κ2) is 4.20. The Morgan fingerprint density at radius 3 is 3.00 bits per heavy atom. The largest absolute Gasteiger partial charge is 0.345 e. The van der Waals surface area contributed by atoms with Crippen molar-refractivity contribution in [2.24, 2.45) is 5.73 Å². The number of nitrogens with two attached hydrogens (primary N) is 1. The van der Waals surface area contributed by atoms with Crippen molar-refractivity contribution in [3.05, 3.63) is 24.5 Å². The molecule has 2 aromatic rings. The monoisotopic (exact) mass is 240 g/mol. The first-order chi connectivity index (χ1) is 7.63. The standard InChI is InChI=1S/C9H12N4O2S/c10-3-4-13-16(14,15)7-1-2-8-9(5-7)12-6-11-8/h1-2,5-6,13H,3-4,10H2,(H,11,12). The van der Waals surface area contributed by atoms with Gasteiger partial charge in [-0.05, 0) is 18.2 Å². The van der Waals surface area contributed by atoms with E-state index in [4.69, 9.17) is 5.73 Å². The van der Waals surface area contributed by atoms with Gasteiger partial charge in [-0.15, -0.1) is 0 Å². The molecule has 0 aliphatic rings. The Morgan fingerprint density at radius 1 is 1.44 bits per heavy atom. The number of sulfonamides is 1. The van der Waals surface area contributed by atoms with Crippen molar-refractivity contribution >= 4 is 21.1 Å². The number of benzene rings is 1. The molecule has 0 bridgehead atoms. The summed E-state index contributed by atoms with van der Waals surface area (Å²) in [5.74, 6) is 0. The minimum absolute atomic E-state index is 0.206. The lowest BCUT2D eigenvalue weighted by atomic mass is 10.3. The highest BCUT2D eigenvalue weighted by molar-refractivity contribution is 7.89. The molecule has 0 saturated carbocycles. The van der Waals surface area contributed by atoms with E-state index in [1.807, 2.05) is 0 Å². The summed E-state index contributed by atoms with van der Waals surface area (Å²) in [6.07, 6.45) is 1.52. The Balaban J connectivity index is 2.39. The zero-order valence-corrected chi connectivity index (χ0v) is 9.29. The molecule has 2 rings (SSSR count). The van der Waals surface area contributed by atoms with Gasteiger partial charge in [-0.1, -0.05) is 0 Å². The van der Waals surface area contributed by atoms with Crippen LogP contribution < -0.4 is 10.5 Å². The predicted molar refractivity (Wildman–Crippen MR) is 60.3 cm³/mol. The van der Waals surface area contributed by atoms with Gasteiger partial charge >= 0.3 is 0 Å². The quantitative estimate of drug-likeness (QED) is 0.688. The average molecular weight is 240 g/mol. The molecule has 0 aliphatic heterocycles. The first kappa shape index (κ1) is 11.1. The van der Waals surface area contributed by atoms with Crippen molar-refractivity contribution in [1.29, 1.82) is 0 Å². The summed E-state index contributed by atoms with van der Waals surface area (Å²) in [6.45, 7) is 0.495. The number of aromatic amines is 1. The van der Waals surface area contributed by atoms with Crippen LogP contribution in [0.4, 0.5) is 0 Å². The predicted octanol–water partition coefficient (Wildman–Crippen LogP) is -0.200. The van der Waals surface area contributed by atoms with Gasteiger partial charge in [0, 0.05) is 13.1 Å². The number of imidazole rings is 1. The molecule has 4 N–H and O–H groups in total. The highest BCUT2D eigenvalue weighted by atomic mass is 32.2. The molecule has 1 aromatic heterocycles. The zero-order chi connectivity index (χ0) is 11.6. The van der Waals surface area contributed by atoms with E-state index in [-0.39, 0.29) is 18.0 Å². The smallest absolute Gasteiger partial charge is 0.240 e. The van der Waals surface area contributed by atoms with Crippen LogP contribution in [0.1, 0.15) is 0 Å². The van der Waals surface area contributed by atoms with Gasteiger partial charge in [0.1, 0.15) is 0 Å². The maximum absolute atomic E-state index is 11.8. The third kappa shape index (κ3) is 2.06. The van der Waals surface area contributed by atoms with Crippen LogP contribution in [0.2, 0.25) is 0 Å². The summed E-state index contributed by atoms with van der Waals surface area (Å²) in [7, 11) is -3.47. The van der Waals surface area contributed by atoms with Gasteiger partial charge in [0.25, 0.3) is 0 Å². The molecule has 0 unspecified atom stereocenters. The second-order valence-corrected chi connectivity index (χ2v) is 5.03. The first-order valence-electron chi connectivity index (χ1n) is 4.76. The van der Waals surface area contributed by atoms with E-state index < -0.39 is 10.0 Å². The Bertz CT molecular complexity index is 590. The van der Waals surface area contributed by atoms with E-state index in [0.29, 0.717) is 5.52 Å². The number of hydrogen-bond acceptors (Lipinski definition) is 4. The van der Waals surface area contributed by atoms with E-state index >= 15 is 0 Å². The van der Waals surface area contributed by atoms with Crippen LogP contribution in [-0.2, 0) is 10.0 Å². The van der Waals surface area contributed by atoms with Crippen LogP contribution in [-0.4, -0.2) is 31.5 Å². The third-order valence-corrected chi connectivity index (χ3v) is 3.60. The third-order valence-electron chi connectivity index (χ3n) is 2.14. The first-order valence-corrected chi connectivity index (χ1v) is 6.25. The summed E-state index contributed by atoms with van der Waals surface area (Å²) >= 11 is 0. The van der Waals surface area contributed by atoms with Crippen molar-refractivity contribution in [3.63, 3.8) is 0 Å². The number of H-pyrrole nitrogens is 1. The molecule has 16 heavy (non-hydrogen) atoms. The molecular formula is C9H12N4O2S. The summed E-state index contributed by atoms with van der Waals surface area (Å²) in [6, 6.07) is 4.71. The number of nitrogens with one attached hydrogen (secondary N) is 2. The Kier molecular flexibility index (Phi) is 2.90. The van der Waals surface area contributed by atoms with Gasteiger partial charge < -0.3 is 10.7 Å². The molecule has 0 atom stereocenters. The SMILES string of the molecule is NCCNS(=O)(=O)c1ccc2nc[nH]c2c1. The average Bonchev–Trinajstić information content (AvgIpc) is 2.73. The van der Waals surface area contributed by atoms with Crippen LogP contribution >= 0.6 is 0 Å². The van der Waals surface area contributed by atoms with Crippen LogP contribution in [0, 0.1) is 0 Å². The zero-order valence-electron chi connectivity index (χ0n) is 8.47. The van der Waals surface area contributed by atoms with E-state index in [9.17, 15) is 8.42 Å². The maximum atomic E-state index is 11.8. The fraction of sp³-hybridized carbons (Fsp3) is 0.222. The molecule has 0 aliphatic carbocycles. The van der Waals surface area contributed by atoms with Gasteiger partial charge in [0.2, 0.25) is 10.0 Å². The normalized spacial score (nSPS) is 12.1. The maximum Gasteiger partial charge on any atom is 0.240 e. The van der Waals surface area contributed by atoms with E-state index in [1.165, 1.54) is 12.4 Å². The van der Waals surface area contributed by atoms with Crippen molar-refractivity contribution in [1.82, 2.24) is 14.7 Å². The van der Waals surface area contributed by atoms with Crippen molar-refractivity contribution in [2.45, 2.75) is 4.90 Å². The van der Waals surface area contributed by atoms with Gasteiger partial charge in [0.15, 0.2) is 0 Å². The second-order valence-electron chi connectivity index (χ2n) is 3.27. The summed E-state index contributed by atoms with van der Waals surface area (Å²) in [4.78, 5) is 7.08. The van der Waals surface area contributed by atoms with E-state index in [2.05, 4.69) is 14.7 Å². The van der Waals surface area contributed by atoms with E-state index in [1.54, 1.807) is 12.1 Å². The Labute approximate surface area is 92.9 Å². The topological polar surface area (TPSA) is 101 Å². The van der Waals surface area contributed by atoms with Gasteiger partial charge in [-0.2, -0.15) is 0 Å². The molecule has 86 valence electrons. The van der Waals surface area contributed by atoms with E-state index in [0.717, 1.165) is 5.52 Å². The fourth-order valence-corrected chi connectivity index (χ4v) is 2.43. The van der Waals surface area contributed by atoms with Crippen LogP contribution in [0.3, 0.4) is 0 Å². The molecule has 0 saturated heterocycles. The highest BCUT2D eigenvalue weighted by Crippen LogP contribution is 2.15. The number of fused-ring (bicyclic) bond motifs is 1. The lowest BCUT2D eigenvalue weighted by Crippen LogP contribution is -2.29. The van der Waals surface area contributed by atoms with Crippen molar-refractivity contribution < 1.29 is 8.42 Å². The number of hydrogen-bond donors (Lipinski definition) is 3.